The third kappa shape index (κ3) is 3.30. The van der Waals surface area contributed by atoms with Crippen molar-refractivity contribution in [2.45, 2.75) is 32.7 Å². The summed E-state index contributed by atoms with van der Waals surface area (Å²) in [5.74, 6) is 0. The van der Waals surface area contributed by atoms with E-state index in [1.807, 2.05) is 12.3 Å². The zero-order chi connectivity index (χ0) is 13.2. The van der Waals surface area contributed by atoms with Crippen LogP contribution in [-0.4, -0.2) is 37.1 Å². The summed E-state index contributed by atoms with van der Waals surface area (Å²) in [6.07, 6.45) is 4.25. The predicted molar refractivity (Wildman–Crippen MR) is 75.6 cm³/mol. The Morgan fingerprint density at radius 2 is 2.22 bits per heavy atom. The van der Waals surface area contributed by atoms with E-state index in [0.717, 1.165) is 19.5 Å². The molecule has 0 fully saturated rings. The zero-order valence-electron chi connectivity index (χ0n) is 12.0. The van der Waals surface area contributed by atoms with E-state index in [1.54, 1.807) is 0 Å². The van der Waals surface area contributed by atoms with E-state index < -0.39 is 0 Å². The van der Waals surface area contributed by atoms with Crippen molar-refractivity contribution in [3.63, 3.8) is 0 Å². The van der Waals surface area contributed by atoms with Crippen molar-refractivity contribution in [2.75, 3.05) is 27.2 Å². The maximum Gasteiger partial charge on any atom is 0.0605 e. The van der Waals surface area contributed by atoms with Crippen LogP contribution < -0.4 is 5.32 Å². The number of nitrogens with zero attached hydrogens (tertiary/aromatic N) is 2. The fourth-order valence-corrected chi connectivity index (χ4v) is 2.92. The molecule has 1 aliphatic rings. The Hall–Kier alpha value is -0.930. The maximum absolute atomic E-state index is 4.53. The number of hydrogen-bond acceptors (Lipinski definition) is 3. The summed E-state index contributed by atoms with van der Waals surface area (Å²) in [7, 11) is 4.27. The fourth-order valence-electron chi connectivity index (χ4n) is 2.92. The first-order chi connectivity index (χ1) is 8.48. The highest BCUT2D eigenvalue weighted by molar-refractivity contribution is 5.27. The second-order valence-electron chi connectivity index (χ2n) is 6.42. The average Bonchev–Trinajstić information content (AvgIpc) is 2.68. The molecule has 18 heavy (non-hydrogen) atoms. The van der Waals surface area contributed by atoms with Crippen LogP contribution in [0.2, 0.25) is 0 Å². The van der Waals surface area contributed by atoms with E-state index in [2.05, 4.69) is 49.2 Å². The molecule has 0 bridgehead atoms. The van der Waals surface area contributed by atoms with Gasteiger partial charge < -0.3 is 10.2 Å². The van der Waals surface area contributed by atoms with Gasteiger partial charge >= 0.3 is 0 Å². The predicted octanol–water partition coefficient (Wildman–Crippen LogP) is 2.25. The fraction of sp³-hybridized carbons (Fsp3) is 0.667. The third-order valence-corrected chi connectivity index (χ3v) is 3.53. The third-order valence-electron chi connectivity index (χ3n) is 3.53. The summed E-state index contributed by atoms with van der Waals surface area (Å²) in [6.45, 7) is 6.76. The van der Waals surface area contributed by atoms with Gasteiger partial charge in [0.1, 0.15) is 0 Å². The number of nitrogens with one attached hydrogen (secondary N) is 1. The van der Waals surface area contributed by atoms with Crippen LogP contribution >= 0.6 is 0 Å². The lowest BCUT2D eigenvalue weighted by Crippen LogP contribution is -2.38. The second-order valence-corrected chi connectivity index (χ2v) is 6.42. The highest BCUT2D eigenvalue weighted by Crippen LogP contribution is 2.29. The number of aromatic nitrogens is 1. The summed E-state index contributed by atoms with van der Waals surface area (Å²) >= 11 is 0. The molecule has 1 N–H and O–H groups in total. The van der Waals surface area contributed by atoms with Gasteiger partial charge in [-0.15, -0.1) is 0 Å². The van der Waals surface area contributed by atoms with Crippen LogP contribution in [-0.2, 0) is 6.42 Å². The van der Waals surface area contributed by atoms with E-state index in [1.165, 1.54) is 17.7 Å². The first-order valence-corrected chi connectivity index (χ1v) is 6.80. The molecular weight excluding hydrogens is 222 g/mol. The van der Waals surface area contributed by atoms with Crippen LogP contribution in [0.4, 0.5) is 0 Å². The van der Waals surface area contributed by atoms with Crippen LogP contribution in [0.1, 0.15) is 37.6 Å². The van der Waals surface area contributed by atoms with Crippen molar-refractivity contribution in [2.24, 2.45) is 5.41 Å². The summed E-state index contributed by atoms with van der Waals surface area (Å²) in [5, 5.41) is 3.69. The number of hydrogen-bond donors (Lipinski definition) is 1. The Morgan fingerprint density at radius 3 is 2.94 bits per heavy atom. The molecule has 0 amide bonds. The molecular formula is C15H25N3. The molecule has 3 nitrogen and oxygen atoms in total. The lowest BCUT2D eigenvalue weighted by molar-refractivity contribution is 0.224. The number of fused-ring (bicyclic) bond motifs is 1. The standard InChI is InChI=1S/C15H25N3/c1-15(2,11-18(3)4)10-17-13-8-7-12-6-5-9-16-14(12)13/h5-6,9,13,17H,7-8,10-11H2,1-4H3. The van der Waals surface area contributed by atoms with Gasteiger partial charge in [-0.2, -0.15) is 0 Å². The summed E-state index contributed by atoms with van der Waals surface area (Å²) in [5.41, 5.74) is 2.97. The summed E-state index contributed by atoms with van der Waals surface area (Å²) in [6, 6.07) is 4.69. The monoisotopic (exact) mass is 247 g/mol. The molecule has 1 aromatic heterocycles. The lowest BCUT2D eigenvalue weighted by atomic mass is 9.92. The molecule has 0 saturated carbocycles. The Kier molecular flexibility index (Phi) is 4.03. The van der Waals surface area contributed by atoms with Gasteiger partial charge in [0.2, 0.25) is 0 Å². The minimum Gasteiger partial charge on any atom is -0.309 e. The van der Waals surface area contributed by atoms with Crippen LogP contribution in [0.5, 0.6) is 0 Å². The number of pyridine rings is 1. The average molecular weight is 247 g/mol. The van der Waals surface area contributed by atoms with Gasteiger partial charge in [0, 0.05) is 19.3 Å². The molecule has 100 valence electrons. The minimum absolute atomic E-state index is 0.293. The van der Waals surface area contributed by atoms with Crippen LogP contribution in [0, 0.1) is 5.41 Å². The Morgan fingerprint density at radius 1 is 1.44 bits per heavy atom. The quantitative estimate of drug-likeness (QED) is 0.865. The molecule has 0 spiro atoms. The molecule has 0 aliphatic heterocycles. The zero-order valence-corrected chi connectivity index (χ0v) is 12.0. The van der Waals surface area contributed by atoms with Gasteiger partial charge in [-0.1, -0.05) is 19.9 Å². The summed E-state index contributed by atoms with van der Waals surface area (Å²) in [4.78, 5) is 6.78. The molecule has 1 atom stereocenters. The van der Waals surface area contributed by atoms with E-state index in [4.69, 9.17) is 0 Å². The van der Waals surface area contributed by atoms with Crippen LogP contribution in [0.3, 0.4) is 0 Å². The van der Waals surface area contributed by atoms with Gasteiger partial charge in [-0.05, 0) is 44.0 Å². The highest BCUT2D eigenvalue weighted by Gasteiger charge is 2.26. The molecule has 1 aromatic rings. The molecule has 1 heterocycles. The second kappa shape index (κ2) is 5.37. The molecule has 2 rings (SSSR count). The van der Waals surface area contributed by atoms with Gasteiger partial charge in [-0.25, -0.2) is 0 Å². The van der Waals surface area contributed by atoms with Crippen molar-refractivity contribution in [1.29, 1.82) is 0 Å². The minimum atomic E-state index is 0.293. The number of rotatable bonds is 5. The first kappa shape index (κ1) is 13.5. The van der Waals surface area contributed by atoms with Crippen LogP contribution in [0.25, 0.3) is 0 Å². The normalized spacial score (nSPS) is 19.3. The van der Waals surface area contributed by atoms with E-state index >= 15 is 0 Å². The highest BCUT2D eigenvalue weighted by atomic mass is 15.1. The number of aryl methyl sites for hydroxylation is 1. The summed E-state index contributed by atoms with van der Waals surface area (Å²) < 4.78 is 0. The lowest BCUT2D eigenvalue weighted by Gasteiger charge is -2.30. The Labute approximate surface area is 111 Å². The van der Waals surface area contributed by atoms with E-state index in [-0.39, 0.29) is 0 Å². The molecule has 0 radical (unpaired) electrons. The Bertz CT molecular complexity index is 398. The molecule has 1 unspecified atom stereocenters. The van der Waals surface area contributed by atoms with Gasteiger partial charge in [0.15, 0.2) is 0 Å². The van der Waals surface area contributed by atoms with Gasteiger partial charge in [0.05, 0.1) is 11.7 Å². The van der Waals surface area contributed by atoms with Crippen molar-refractivity contribution < 1.29 is 0 Å². The van der Waals surface area contributed by atoms with Crippen molar-refractivity contribution >= 4 is 0 Å². The van der Waals surface area contributed by atoms with Gasteiger partial charge in [-0.3, -0.25) is 4.98 Å². The largest absolute Gasteiger partial charge is 0.309 e. The van der Waals surface area contributed by atoms with Crippen molar-refractivity contribution in [3.8, 4) is 0 Å². The molecule has 0 saturated heterocycles. The van der Waals surface area contributed by atoms with E-state index in [0.29, 0.717) is 11.5 Å². The molecule has 0 aromatic carbocycles. The molecule has 3 heteroatoms. The van der Waals surface area contributed by atoms with Crippen molar-refractivity contribution in [3.05, 3.63) is 29.6 Å². The smallest absolute Gasteiger partial charge is 0.0605 e. The molecule has 1 aliphatic carbocycles. The SMILES string of the molecule is CN(C)CC(C)(C)CNC1CCc2cccnc21. The van der Waals surface area contributed by atoms with Crippen molar-refractivity contribution in [1.82, 2.24) is 15.2 Å². The topological polar surface area (TPSA) is 28.2 Å². The first-order valence-electron chi connectivity index (χ1n) is 6.80. The van der Waals surface area contributed by atoms with E-state index in [9.17, 15) is 0 Å². The Balaban J connectivity index is 1.92. The van der Waals surface area contributed by atoms with Crippen LogP contribution in [0.15, 0.2) is 18.3 Å². The maximum atomic E-state index is 4.53. The van der Waals surface area contributed by atoms with Gasteiger partial charge in [0.25, 0.3) is 0 Å².